The van der Waals surface area contributed by atoms with Crippen molar-refractivity contribution in [2.45, 2.75) is 46.1 Å². The van der Waals surface area contributed by atoms with Gasteiger partial charge in [-0.2, -0.15) is 0 Å². The Morgan fingerprint density at radius 2 is 2.11 bits per heavy atom. The van der Waals surface area contributed by atoms with E-state index in [2.05, 4.69) is 15.5 Å². The third-order valence-corrected chi connectivity index (χ3v) is 5.42. The van der Waals surface area contributed by atoms with Gasteiger partial charge in [-0.25, -0.2) is 0 Å². The van der Waals surface area contributed by atoms with Gasteiger partial charge in [-0.15, -0.1) is 10.2 Å². The molecule has 1 atom stereocenters. The number of nitrogens with zero attached hydrogens (tertiary/aromatic N) is 3. The predicted octanol–water partition coefficient (Wildman–Crippen LogP) is 3.58. The zero-order chi connectivity index (χ0) is 20.3. The van der Waals surface area contributed by atoms with Crippen molar-refractivity contribution in [1.29, 1.82) is 0 Å². The van der Waals surface area contributed by atoms with Crippen LogP contribution in [0.15, 0.2) is 24.3 Å². The molecule has 0 bridgehead atoms. The van der Waals surface area contributed by atoms with Crippen LogP contribution in [0.5, 0.6) is 5.75 Å². The van der Waals surface area contributed by atoms with E-state index in [1.54, 1.807) is 12.0 Å². The highest BCUT2D eigenvalue weighted by Crippen LogP contribution is 2.30. The van der Waals surface area contributed by atoms with Crippen LogP contribution in [0.3, 0.4) is 0 Å². The number of ether oxygens (including phenoxy) is 1. The molecule has 2 aromatic rings. The summed E-state index contributed by atoms with van der Waals surface area (Å²) in [6.07, 6.45) is 1.93. The fourth-order valence-corrected chi connectivity index (χ4v) is 3.97. The molecule has 3 rings (SSSR count). The maximum atomic E-state index is 12.8. The number of carbonyl (C=O) groups excluding carboxylic acids is 2. The standard InChI is InChI=1S/C20H26N4O3S/c1-20(2,3)12-16(25)24-10-6-9-15(24)17(26)21-19-23-22-18(28-19)13-7-5-8-14(11-13)27-4/h5,7-8,11,15H,6,9-10,12H2,1-4H3,(H,21,23,26)/t15-/m1/s1. The van der Waals surface area contributed by atoms with E-state index in [-0.39, 0.29) is 17.2 Å². The molecule has 0 radical (unpaired) electrons. The molecule has 0 aliphatic carbocycles. The lowest BCUT2D eigenvalue weighted by molar-refractivity contribution is -0.138. The largest absolute Gasteiger partial charge is 0.497 e. The number of amides is 2. The average molecular weight is 403 g/mol. The third kappa shape index (κ3) is 4.86. The molecule has 0 spiro atoms. The molecule has 1 aromatic heterocycles. The maximum Gasteiger partial charge on any atom is 0.249 e. The first-order chi connectivity index (χ1) is 13.3. The Balaban J connectivity index is 1.67. The first-order valence-corrected chi connectivity index (χ1v) is 10.2. The van der Waals surface area contributed by atoms with Gasteiger partial charge in [0.1, 0.15) is 16.8 Å². The minimum atomic E-state index is -0.445. The first-order valence-electron chi connectivity index (χ1n) is 9.35. The zero-order valence-corrected chi connectivity index (χ0v) is 17.5. The summed E-state index contributed by atoms with van der Waals surface area (Å²) in [5, 5.41) is 12.2. The predicted molar refractivity (Wildman–Crippen MR) is 109 cm³/mol. The summed E-state index contributed by atoms with van der Waals surface area (Å²) in [6, 6.07) is 7.08. The van der Waals surface area contributed by atoms with Crippen LogP contribution in [0.2, 0.25) is 0 Å². The fourth-order valence-electron chi connectivity index (χ4n) is 3.23. The van der Waals surface area contributed by atoms with Gasteiger partial charge < -0.3 is 9.64 Å². The highest BCUT2D eigenvalue weighted by atomic mass is 32.1. The van der Waals surface area contributed by atoms with Gasteiger partial charge in [-0.1, -0.05) is 44.2 Å². The van der Waals surface area contributed by atoms with Gasteiger partial charge >= 0.3 is 0 Å². The van der Waals surface area contributed by atoms with Gasteiger partial charge in [0.15, 0.2) is 0 Å². The molecular formula is C20H26N4O3S. The number of aromatic nitrogens is 2. The summed E-state index contributed by atoms with van der Waals surface area (Å²) in [6.45, 7) is 6.70. The maximum absolute atomic E-state index is 12.8. The van der Waals surface area contributed by atoms with Crippen molar-refractivity contribution in [1.82, 2.24) is 15.1 Å². The molecule has 1 N–H and O–H groups in total. The van der Waals surface area contributed by atoms with Crippen LogP contribution in [0.25, 0.3) is 10.6 Å². The molecule has 2 heterocycles. The van der Waals surface area contributed by atoms with Gasteiger partial charge in [0.05, 0.1) is 7.11 Å². The Bertz CT molecular complexity index is 859. The molecule has 28 heavy (non-hydrogen) atoms. The molecule has 150 valence electrons. The second-order valence-electron chi connectivity index (χ2n) is 8.12. The van der Waals surface area contributed by atoms with Crippen molar-refractivity contribution in [2.75, 3.05) is 19.0 Å². The van der Waals surface area contributed by atoms with Crippen LogP contribution in [-0.2, 0) is 9.59 Å². The number of hydrogen-bond donors (Lipinski definition) is 1. The Morgan fingerprint density at radius 1 is 1.32 bits per heavy atom. The van der Waals surface area contributed by atoms with E-state index < -0.39 is 6.04 Å². The van der Waals surface area contributed by atoms with E-state index in [0.29, 0.717) is 29.5 Å². The quantitative estimate of drug-likeness (QED) is 0.826. The summed E-state index contributed by atoms with van der Waals surface area (Å²) in [4.78, 5) is 27.0. The summed E-state index contributed by atoms with van der Waals surface area (Å²) in [7, 11) is 1.61. The Morgan fingerprint density at radius 3 is 2.82 bits per heavy atom. The summed E-state index contributed by atoms with van der Waals surface area (Å²) in [5.74, 6) is 0.560. The molecule has 0 saturated carbocycles. The number of anilines is 1. The van der Waals surface area contributed by atoms with Crippen LogP contribution in [-0.4, -0.2) is 46.6 Å². The minimum Gasteiger partial charge on any atom is -0.497 e. The highest BCUT2D eigenvalue weighted by Gasteiger charge is 2.35. The SMILES string of the molecule is COc1cccc(-c2nnc(NC(=O)[C@H]3CCCN3C(=O)CC(C)(C)C)s2)c1. The topological polar surface area (TPSA) is 84.4 Å². The molecular weight excluding hydrogens is 376 g/mol. The van der Waals surface area contributed by atoms with Crippen molar-refractivity contribution in [3.63, 3.8) is 0 Å². The second-order valence-corrected chi connectivity index (χ2v) is 9.09. The fraction of sp³-hybridized carbons (Fsp3) is 0.500. The average Bonchev–Trinajstić information content (AvgIpc) is 3.30. The van der Waals surface area contributed by atoms with E-state index in [9.17, 15) is 9.59 Å². The molecule has 1 saturated heterocycles. The molecule has 1 aromatic carbocycles. The Kier molecular flexibility index (Phi) is 5.98. The summed E-state index contributed by atoms with van der Waals surface area (Å²) >= 11 is 1.30. The third-order valence-electron chi connectivity index (χ3n) is 4.53. The van der Waals surface area contributed by atoms with E-state index in [0.717, 1.165) is 17.7 Å². The normalized spacial score (nSPS) is 16.9. The molecule has 2 amide bonds. The second kappa shape index (κ2) is 8.26. The number of rotatable bonds is 5. The van der Waals surface area contributed by atoms with Crippen LogP contribution in [0.1, 0.15) is 40.0 Å². The van der Waals surface area contributed by atoms with Gasteiger partial charge in [0, 0.05) is 18.5 Å². The van der Waals surface area contributed by atoms with E-state index in [1.165, 1.54) is 11.3 Å². The van der Waals surface area contributed by atoms with E-state index >= 15 is 0 Å². The van der Waals surface area contributed by atoms with Gasteiger partial charge in [0.25, 0.3) is 0 Å². The number of carbonyl (C=O) groups is 2. The number of methoxy groups -OCH3 is 1. The first kappa shape index (κ1) is 20.3. The molecule has 1 fully saturated rings. The molecule has 1 aliphatic heterocycles. The van der Waals surface area contributed by atoms with Gasteiger partial charge in [0.2, 0.25) is 16.9 Å². The van der Waals surface area contributed by atoms with Gasteiger partial charge in [-0.05, 0) is 30.4 Å². The van der Waals surface area contributed by atoms with Crippen LogP contribution in [0.4, 0.5) is 5.13 Å². The van der Waals surface area contributed by atoms with Gasteiger partial charge in [-0.3, -0.25) is 14.9 Å². The lowest BCUT2D eigenvalue weighted by Crippen LogP contribution is -2.44. The molecule has 8 heteroatoms. The van der Waals surface area contributed by atoms with E-state index in [4.69, 9.17) is 4.74 Å². The van der Waals surface area contributed by atoms with E-state index in [1.807, 2.05) is 45.0 Å². The Labute approximate surface area is 169 Å². The number of nitrogens with one attached hydrogen (secondary N) is 1. The van der Waals surface area contributed by atoms with Crippen LogP contribution < -0.4 is 10.1 Å². The van der Waals surface area contributed by atoms with Crippen molar-refractivity contribution < 1.29 is 14.3 Å². The zero-order valence-electron chi connectivity index (χ0n) is 16.7. The molecule has 7 nitrogen and oxygen atoms in total. The van der Waals surface area contributed by atoms with Crippen molar-refractivity contribution in [3.05, 3.63) is 24.3 Å². The van der Waals surface area contributed by atoms with Crippen molar-refractivity contribution in [2.24, 2.45) is 5.41 Å². The molecule has 1 aliphatic rings. The Hall–Kier alpha value is -2.48. The lowest BCUT2D eigenvalue weighted by atomic mass is 9.91. The molecule has 0 unspecified atom stereocenters. The smallest absolute Gasteiger partial charge is 0.249 e. The number of benzene rings is 1. The summed E-state index contributed by atoms with van der Waals surface area (Å²) in [5.41, 5.74) is 0.770. The van der Waals surface area contributed by atoms with Crippen LogP contribution >= 0.6 is 11.3 Å². The number of hydrogen-bond acceptors (Lipinski definition) is 6. The monoisotopic (exact) mass is 402 g/mol. The summed E-state index contributed by atoms with van der Waals surface area (Å²) < 4.78 is 5.23. The van der Waals surface area contributed by atoms with Crippen molar-refractivity contribution >= 4 is 28.3 Å². The number of likely N-dealkylation sites (tertiary alicyclic amines) is 1. The lowest BCUT2D eigenvalue weighted by Gasteiger charge is -2.27. The van der Waals surface area contributed by atoms with Crippen molar-refractivity contribution in [3.8, 4) is 16.3 Å². The van der Waals surface area contributed by atoms with Crippen LogP contribution in [0, 0.1) is 5.41 Å². The highest BCUT2D eigenvalue weighted by molar-refractivity contribution is 7.18. The minimum absolute atomic E-state index is 0.0273.